The molecule has 0 bridgehead atoms. The minimum Gasteiger partial charge on any atom is -0.452 e. The molecule has 2 aliphatic rings. The van der Waals surface area contributed by atoms with Crippen LogP contribution in [0.3, 0.4) is 0 Å². The average Bonchev–Trinajstić information content (AvgIpc) is 2.36. The Kier molecular flexibility index (Phi) is 1.97. The third-order valence-corrected chi connectivity index (χ3v) is 4.21. The molecule has 3 rings (SSSR count). The number of esters is 1. The first-order valence-corrected chi connectivity index (χ1v) is 5.93. The van der Waals surface area contributed by atoms with Crippen molar-refractivity contribution in [1.29, 1.82) is 0 Å². The first-order chi connectivity index (χ1) is 8.11. The van der Waals surface area contributed by atoms with Crippen LogP contribution < -0.4 is 0 Å². The molecule has 0 radical (unpaired) electrons. The molecule has 2 atom stereocenters. The molecule has 0 unspecified atom stereocenters. The molecule has 1 heterocycles. The highest BCUT2D eigenvalue weighted by atomic mass is 16.6. The van der Waals surface area contributed by atoms with Gasteiger partial charge in [-0.05, 0) is 25.3 Å². The molecular formula is C14H14O3. The zero-order valence-electron chi connectivity index (χ0n) is 9.73. The summed E-state index contributed by atoms with van der Waals surface area (Å²) in [5, 5.41) is 0. The fourth-order valence-electron chi connectivity index (χ4n) is 3.07. The maximum Gasteiger partial charge on any atom is 0.324 e. The summed E-state index contributed by atoms with van der Waals surface area (Å²) >= 11 is 0. The predicted molar refractivity (Wildman–Crippen MR) is 61.2 cm³/mol. The van der Waals surface area contributed by atoms with Gasteiger partial charge in [0, 0.05) is 6.42 Å². The summed E-state index contributed by atoms with van der Waals surface area (Å²) in [4.78, 5) is 23.8. The van der Waals surface area contributed by atoms with E-state index in [-0.39, 0.29) is 11.8 Å². The molecule has 0 aromatic heterocycles. The average molecular weight is 230 g/mol. The molecule has 1 saturated carbocycles. The summed E-state index contributed by atoms with van der Waals surface area (Å²) < 4.78 is 5.43. The van der Waals surface area contributed by atoms with Gasteiger partial charge in [0.1, 0.15) is 0 Å². The van der Waals surface area contributed by atoms with E-state index < -0.39 is 11.0 Å². The monoisotopic (exact) mass is 230 g/mol. The second-order valence-corrected chi connectivity index (χ2v) is 4.98. The fourth-order valence-corrected chi connectivity index (χ4v) is 3.07. The SMILES string of the molecule is C[C@]12C(=O)CCC[C@@]1(c1ccccc1)OC2=O. The van der Waals surface area contributed by atoms with Gasteiger partial charge in [0.15, 0.2) is 16.8 Å². The zero-order valence-corrected chi connectivity index (χ0v) is 9.73. The van der Waals surface area contributed by atoms with Crippen LogP contribution in [-0.2, 0) is 19.9 Å². The lowest BCUT2D eigenvalue weighted by Crippen LogP contribution is -2.68. The highest BCUT2D eigenvalue weighted by Gasteiger charge is 2.71. The Morgan fingerprint density at radius 1 is 1.18 bits per heavy atom. The van der Waals surface area contributed by atoms with Crippen molar-refractivity contribution >= 4 is 11.8 Å². The number of benzene rings is 1. The van der Waals surface area contributed by atoms with Crippen LogP contribution in [0.15, 0.2) is 30.3 Å². The second kappa shape index (κ2) is 3.19. The van der Waals surface area contributed by atoms with Crippen molar-refractivity contribution in [3.05, 3.63) is 35.9 Å². The van der Waals surface area contributed by atoms with Crippen LogP contribution >= 0.6 is 0 Å². The first kappa shape index (κ1) is 10.5. The Morgan fingerprint density at radius 2 is 1.88 bits per heavy atom. The number of ether oxygens (including phenoxy) is 1. The molecule has 0 spiro atoms. The molecule has 1 aromatic carbocycles. The van der Waals surface area contributed by atoms with Crippen molar-refractivity contribution in [2.75, 3.05) is 0 Å². The van der Waals surface area contributed by atoms with Gasteiger partial charge in [-0.15, -0.1) is 0 Å². The molecule has 88 valence electrons. The van der Waals surface area contributed by atoms with Crippen molar-refractivity contribution < 1.29 is 14.3 Å². The lowest BCUT2D eigenvalue weighted by molar-refractivity contribution is -0.247. The molecule has 0 N–H and O–H groups in total. The van der Waals surface area contributed by atoms with E-state index in [1.54, 1.807) is 6.92 Å². The number of Topliss-reactive ketones (excluding diaryl/α,β-unsaturated/α-hetero) is 1. The van der Waals surface area contributed by atoms with Gasteiger partial charge in [-0.1, -0.05) is 30.3 Å². The zero-order chi connectivity index (χ0) is 12.1. The van der Waals surface area contributed by atoms with Crippen LogP contribution in [0.1, 0.15) is 31.7 Å². The smallest absolute Gasteiger partial charge is 0.324 e. The van der Waals surface area contributed by atoms with Crippen LogP contribution in [0.4, 0.5) is 0 Å². The number of hydrogen-bond acceptors (Lipinski definition) is 3. The fraction of sp³-hybridized carbons (Fsp3) is 0.429. The number of rotatable bonds is 1. The Morgan fingerprint density at radius 3 is 2.53 bits per heavy atom. The molecule has 17 heavy (non-hydrogen) atoms. The molecule has 2 fully saturated rings. The number of hydrogen-bond donors (Lipinski definition) is 0. The lowest BCUT2D eigenvalue weighted by atomic mass is 9.57. The third kappa shape index (κ3) is 1.07. The number of fused-ring (bicyclic) bond motifs is 1. The van der Waals surface area contributed by atoms with Crippen molar-refractivity contribution in [3.63, 3.8) is 0 Å². The second-order valence-electron chi connectivity index (χ2n) is 4.98. The Balaban J connectivity index is 2.13. The normalized spacial score (nSPS) is 35.8. The Labute approximate surface area is 99.8 Å². The molecule has 3 nitrogen and oxygen atoms in total. The number of carbonyl (C=O) groups excluding carboxylic acids is 2. The van der Waals surface area contributed by atoms with E-state index >= 15 is 0 Å². The van der Waals surface area contributed by atoms with E-state index in [9.17, 15) is 9.59 Å². The van der Waals surface area contributed by atoms with E-state index in [0.717, 1.165) is 18.4 Å². The summed E-state index contributed by atoms with van der Waals surface area (Å²) in [6.45, 7) is 1.73. The van der Waals surface area contributed by atoms with E-state index in [4.69, 9.17) is 4.74 Å². The number of ketones is 1. The predicted octanol–water partition coefficient (Wildman–Crippen LogP) is 2.20. The van der Waals surface area contributed by atoms with Gasteiger partial charge in [0.2, 0.25) is 0 Å². The van der Waals surface area contributed by atoms with Gasteiger partial charge in [0.25, 0.3) is 0 Å². The minimum absolute atomic E-state index is 0.0175. The largest absolute Gasteiger partial charge is 0.452 e. The molecular weight excluding hydrogens is 216 g/mol. The van der Waals surface area contributed by atoms with Crippen LogP contribution in [-0.4, -0.2) is 11.8 Å². The molecule has 3 heteroatoms. The molecule has 1 aliphatic carbocycles. The first-order valence-electron chi connectivity index (χ1n) is 5.93. The van der Waals surface area contributed by atoms with Gasteiger partial charge < -0.3 is 4.74 Å². The highest BCUT2D eigenvalue weighted by Crippen LogP contribution is 2.59. The summed E-state index contributed by atoms with van der Waals surface area (Å²) in [6, 6.07) is 9.61. The highest BCUT2D eigenvalue weighted by molar-refractivity contribution is 6.09. The molecule has 1 aliphatic heterocycles. The Hall–Kier alpha value is -1.64. The summed E-state index contributed by atoms with van der Waals surface area (Å²) in [7, 11) is 0. The molecule has 0 amide bonds. The van der Waals surface area contributed by atoms with Gasteiger partial charge in [0.05, 0.1) is 0 Å². The van der Waals surface area contributed by atoms with E-state index in [1.807, 2.05) is 30.3 Å². The third-order valence-electron chi connectivity index (χ3n) is 4.21. The maximum absolute atomic E-state index is 12.1. The van der Waals surface area contributed by atoms with Gasteiger partial charge in [-0.3, -0.25) is 9.59 Å². The summed E-state index contributed by atoms with van der Waals surface area (Å²) in [6.07, 6.45) is 2.02. The van der Waals surface area contributed by atoms with Crippen LogP contribution in [0, 0.1) is 5.41 Å². The Bertz CT molecular complexity index is 493. The van der Waals surface area contributed by atoms with Gasteiger partial charge in [-0.2, -0.15) is 0 Å². The minimum atomic E-state index is -0.966. The number of carbonyl (C=O) groups is 2. The maximum atomic E-state index is 12.1. The molecule has 1 aromatic rings. The van der Waals surface area contributed by atoms with Crippen LogP contribution in [0.25, 0.3) is 0 Å². The van der Waals surface area contributed by atoms with Gasteiger partial charge >= 0.3 is 5.97 Å². The van der Waals surface area contributed by atoms with Crippen molar-refractivity contribution in [1.82, 2.24) is 0 Å². The van der Waals surface area contributed by atoms with E-state index in [0.29, 0.717) is 6.42 Å². The van der Waals surface area contributed by atoms with Crippen molar-refractivity contribution in [2.45, 2.75) is 31.8 Å². The standard InChI is InChI=1S/C14H14O3/c1-13-11(15)8-5-9-14(13,17-12(13)16)10-6-3-2-4-7-10/h2-4,6-7H,5,8-9H2,1H3/t13-,14+/m1/s1. The van der Waals surface area contributed by atoms with Crippen LogP contribution in [0.2, 0.25) is 0 Å². The van der Waals surface area contributed by atoms with Crippen molar-refractivity contribution in [3.8, 4) is 0 Å². The molecule has 1 saturated heterocycles. The summed E-state index contributed by atoms with van der Waals surface area (Å²) in [5.41, 5.74) is -0.733. The van der Waals surface area contributed by atoms with E-state index in [1.165, 1.54) is 0 Å². The van der Waals surface area contributed by atoms with Crippen LogP contribution in [0.5, 0.6) is 0 Å². The summed E-state index contributed by atoms with van der Waals surface area (Å²) in [5.74, 6) is -0.352. The quantitative estimate of drug-likeness (QED) is 0.548. The van der Waals surface area contributed by atoms with Gasteiger partial charge in [-0.25, -0.2) is 0 Å². The topological polar surface area (TPSA) is 43.4 Å². The van der Waals surface area contributed by atoms with E-state index in [2.05, 4.69) is 0 Å². The van der Waals surface area contributed by atoms with Crippen molar-refractivity contribution in [2.24, 2.45) is 5.41 Å². The lowest BCUT2D eigenvalue weighted by Gasteiger charge is -2.56.